The molecule has 0 radical (unpaired) electrons. The summed E-state index contributed by atoms with van der Waals surface area (Å²) < 4.78 is 6.53. The van der Waals surface area contributed by atoms with Crippen LogP contribution in [0.15, 0.2) is 29.2 Å². The zero-order valence-electron chi connectivity index (χ0n) is 15.8. The van der Waals surface area contributed by atoms with E-state index in [9.17, 15) is 14.4 Å². The Hall–Kier alpha value is -3.22. The van der Waals surface area contributed by atoms with Gasteiger partial charge in [-0.25, -0.2) is 9.78 Å². The van der Waals surface area contributed by atoms with Crippen molar-refractivity contribution in [3.8, 4) is 0 Å². The third kappa shape index (κ3) is 3.53. The second-order valence-corrected chi connectivity index (χ2v) is 6.46. The van der Waals surface area contributed by atoms with Gasteiger partial charge in [0.1, 0.15) is 11.2 Å². The molecule has 0 saturated heterocycles. The van der Waals surface area contributed by atoms with Gasteiger partial charge in [0.25, 0.3) is 0 Å². The van der Waals surface area contributed by atoms with E-state index in [0.717, 1.165) is 11.4 Å². The number of ether oxygens (including phenoxy) is 1. The predicted octanol–water partition coefficient (Wildman–Crippen LogP) is 2.71. The lowest BCUT2D eigenvalue weighted by atomic mass is 10.1. The van der Waals surface area contributed by atoms with Crippen LogP contribution >= 0.6 is 0 Å². The quantitative estimate of drug-likeness (QED) is 0.553. The first-order chi connectivity index (χ1) is 12.8. The van der Waals surface area contributed by atoms with Crippen LogP contribution in [-0.4, -0.2) is 32.9 Å². The molecular weight excluding hydrogens is 346 g/mol. The van der Waals surface area contributed by atoms with Crippen molar-refractivity contribution in [3.63, 3.8) is 0 Å². The van der Waals surface area contributed by atoms with Crippen molar-refractivity contribution in [2.75, 3.05) is 6.61 Å². The first-order valence-corrected chi connectivity index (χ1v) is 8.69. The molecule has 0 saturated carbocycles. The van der Waals surface area contributed by atoms with Gasteiger partial charge in [-0.3, -0.25) is 9.59 Å². The van der Waals surface area contributed by atoms with Gasteiger partial charge in [0.2, 0.25) is 5.43 Å². The highest BCUT2D eigenvalue weighted by atomic mass is 16.5. The van der Waals surface area contributed by atoms with E-state index < -0.39 is 11.4 Å². The van der Waals surface area contributed by atoms with E-state index in [4.69, 9.17) is 4.74 Å². The molecule has 3 aromatic rings. The molecule has 140 valence electrons. The van der Waals surface area contributed by atoms with Gasteiger partial charge < -0.3 is 14.3 Å². The second kappa shape index (κ2) is 7.19. The van der Waals surface area contributed by atoms with Gasteiger partial charge in [0, 0.05) is 28.8 Å². The van der Waals surface area contributed by atoms with Crippen LogP contribution in [0.2, 0.25) is 0 Å². The van der Waals surface area contributed by atoms with E-state index in [0.29, 0.717) is 16.9 Å². The van der Waals surface area contributed by atoms with Crippen LogP contribution in [0.5, 0.6) is 0 Å². The molecule has 0 amide bonds. The molecule has 0 spiro atoms. The number of fused-ring (bicyclic) bond motifs is 1. The fourth-order valence-electron chi connectivity index (χ4n) is 3.09. The summed E-state index contributed by atoms with van der Waals surface area (Å²) in [6, 6.07) is 5.10. The van der Waals surface area contributed by atoms with Crippen molar-refractivity contribution < 1.29 is 14.3 Å². The number of aryl methyl sites for hydroxylation is 3. The van der Waals surface area contributed by atoms with Gasteiger partial charge in [-0.2, -0.15) is 0 Å². The highest BCUT2D eigenvalue weighted by Gasteiger charge is 2.20. The summed E-state index contributed by atoms with van der Waals surface area (Å²) in [5.74, 6) is -0.847. The minimum absolute atomic E-state index is 0.0439. The molecule has 0 aliphatic heterocycles. The van der Waals surface area contributed by atoms with Crippen molar-refractivity contribution in [1.29, 1.82) is 0 Å². The normalized spacial score (nSPS) is 11.0. The molecule has 3 heterocycles. The zero-order valence-corrected chi connectivity index (χ0v) is 15.8. The van der Waals surface area contributed by atoms with Gasteiger partial charge in [-0.15, -0.1) is 0 Å². The Kier molecular flexibility index (Phi) is 4.94. The molecule has 0 aliphatic rings. The number of esters is 1. The number of ketones is 1. The third-order valence-corrected chi connectivity index (χ3v) is 4.32. The molecule has 7 nitrogen and oxygen atoms in total. The third-order valence-electron chi connectivity index (χ3n) is 4.32. The van der Waals surface area contributed by atoms with Crippen LogP contribution in [0.3, 0.4) is 0 Å². The van der Waals surface area contributed by atoms with Crippen LogP contribution in [0.4, 0.5) is 0 Å². The summed E-state index contributed by atoms with van der Waals surface area (Å²) in [6.45, 7) is 7.29. The van der Waals surface area contributed by atoms with Crippen LogP contribution in [0.25, 0.3) is 11.0 Å². The summed E-state index contributed by atoms with van der Waals surface area (Å²) in [7, 11) is 0. The molecule has 0 unspecified atom stereocenters. The zero-order chi connectivity index (χ0) is 19.7. The molecule has 7 heteroatoms. The number of hydrogen-bond acceptors (Lipinski definition) is 5. The van der Waals surface area contributed by atoms with Crippen LogP contribution in [0.1, 0.15) is 44.7 Å². The fourth-order valence-corrected chi connectivity index (χ4v) is 3.09. The average Bonchev–Trinajstić information content (AvgIpc) is 2.95. The number of carbonyl (C=O) groups is 2. The summed E-state index contributed by atoms with van der Waals surface area (Å²) in [5, 5.41) is 0.279. The Morgan fingerprint density at radius 3 is 2.56 bits per heavy atom. The van der Waals surface area contributed by atoms with Crippen molar-refractivity contribution >= 4 is 22.8 Å². The van der Waals surface area contributed by atoms with Crippen LogP contribution < -0.4 is 5.43 Å². The van der Waals surface area contributed by atoms with Crippen LogP contribution in [0, 0.1) is 20.8 Å². The summed E-state index contributed by atoms with van der Waals surface area (Å²) in [6.07, 6.45) is 1.36. The highest BCUT2D eigenvalue weighted by molar-refractivity contribution is 5.98. The number of rotatable bonds is 5. The minimum atomic E-state index is -0.708. The summed E-state index contributed by atoms with van der Waals surface area (Å²) in [4.78, 5) is 45.2. The maximum atomic E-state index is 12.8. The molecule has 27 heavy (non-hydrogen) atoms. The Bertz CT molecular complexity index is 1110. The number of Topliss-reactive ketones (excluding diaryl/α,β-unsaturated/α-hetero) is 1. The van der Waals surface area contributed by atoms with Gasteiger partial charge >= 0.3 is 5.97 Å². The van der Waals surface area contributed by atoms with E-state index in [1.54, 1.807) is 36.6 Å². The van der Waals surface area contributed by atoms with E-state index in [-0.39, 0.29) is 29.9 Å². The molecule has 1 N–H and O–H groups in total. The lowest BCUT2D eigenvalue weighted by molar-refractivity contribution is 0.0523. The fraction of sp³-hybridized carbons (Fsp3) is 0.300. The summed E-state index contributed by atoms with van der Waals surface area (Å²) >= 11 is 0. The maximum absolute atomic E-state index is 12.8. The van der Waals surface area contributed by atoms with Gasteiger partial charge in [-0.1, -0.05) is 0 Å². The molecule has 3 aromatic heterocycles. The van der Waals surface area contributed by atoms with E-state index in [1.807, 2.05) is 13.8 Å². The highest BCUT2D eigenvalue weighted by Crippen LogP contribution is 2.15. The average molecular weight is 367 g/mol. The lowest BCUT2D eigenvalue weighted by Crippen LogP contribution is -2.23. The van der Waals surface area contributed by atoms with E-state index >= 15 is 0 Å². The van der Waals surface area contributed by atoms with Crippen molar-refractivity contribution in [2.45, 2.75) is 34.2 Å². The smallest absolute Gasteiger partial charge is 0.343 e. The number of aromatic amines is 1. The topological polar surface area (TPSA) is 94.1 Å². The number of nitrogens with one attached hydrogen (secondary N) is 1. The number of hydrogen-bond donors (Lipinski definition) is 1. The SMILES string of the molecule is CCOC(=O)c1cn(CC(=O)c2cc(C)[nH]c2C)c2nc(C)ccc2c1=O. The standard InChI is InChI=1S/C20H21N3O4/c1-5-27-20(26)16-9-23(10-17(24)15-8-12(3)21-13(15)4)19-14(18(16)25)7-6-11(2)22-19/h6-9,21H,5,10H2,1-4H3. The van der Waals surface area contributed by atoms with E-state index in [1.165, 1.54) is 6.20 Å². The monoisotopic (exact) mass is 367 g/mol. The van der Waals surface area contributed by atoms with Crippen molar-refractivity contribution in [1.82, 2.24) is 14.5 Å². The maximum Gasteiger partial charge on any atom is 0.343 e. The number of H-pyrrole nitrogens is 1. The Balaban J connectivity index is 2.15. The van der Waals surface area contributed by atoms with E-state index in [2.05, 4.69) is 9.97 Å². The molecule has 0 aromatic carbocycles. The number of aromatic nitrogens is 3. The van der Waals surface area contributed by atoms with Crippen molar-refractivity contribution in [3.05, 3.63) is 62.8 Å². The van der Waals surface area contributed by atoms with Crippen molar-refractivity contribution in [2.24, 2.45) is 0 Å². The largest absolute Gasteiger partial charge is 0.462 e. The van der Waals surface area contributed by atoms with Gasteiger partial charge in [-0.05, 0) is 45.9 Å². The Labute approximate surface area is 156 Å². The Morgan fingerprint density at radius 2 is 1.93 bits per heavy atom. The molecular formula is C20H21N3O4. The first kappa shape index (κ1) is 18.6. The lowest BCUT2D eigenvalue weighted by Gasteiger charge is -2.12. The minimum Gasteiger partial charge on any atom is -0.462 e. The molecule has 0 aliphatic carbocycles. The molecule has 0 bridgehead atoms. The molecule has 0 atom stereocenters. The van der Waals surface area contributed by atoms with Gasteiger partial charge in [0.05, 0.1) is 18.5 Å². The molecule has 0 fully saturated rings. The first-order valence-electron chi connectivity index (χ1n) is 8.69. The van der Waals surface area contributed by atoms with Gasteiger partial charge in [0.15, 0.2) is 5.78 Å². The number of pyridine rings is 2. The summed E-state index contributed by atoms with van der Waals surface area (Å²) in [5.41, 5.74) is 2.76. The number of nitrogens with zero attached hydrogens (tertiary/aromatic N) is 2. The van der Waals surface area contributed by atoms with Crippen LogP contribution in [-0.2, 0) is 11.3 Å². The number of carbonyl (C=O) groups excluding carboxylic acids is 2. The second-order valence-electron chi connectivity index (χ2n) is 6.46. The molecule has 3 rings (SSSR count). The predicted molar refractivity (Wildman–Crippen MR) is 101 cm³/mol. The Morgan fingerprint density at radius 1 is 1.19 bits per heavy atom.